The number of nitrogens with one attached hydrogen (secondary N) is 1. The first-order chi connectivity index (χ1) is 8.98. The molecule has 0 atom stereocenters. The maximum Gasteiger partial charge on any atom is 0.326 e. The number of rotatable bonds is 3. The molecule has 1 aliphatic carbocycles. The molecule has 0 radical (unpaired) electrons. The van der Waals surface area contributed by atoms with Gasteiger partial charge in [0.2, 0.25) is 0 Å². The van der Waals surface area contributed by atoms with E-state index in [4.69, 9.17) is 4.74 Å². The largest absolute Gasteiger partial charge is 0.468 e. The molecule has 0 bridgehead atoms. The lowest BCUT2D eigenvalue weighted by molar-refractivity contribution is -0.150. The van der Waals surface area contributed by atoms with Gasteiger partial charge in [0.1, 0.15) is 5.54 Å². The highest BCUT2D eigenvalue weighted by atomic mass is 16.5. The van der Waals surface area contributed by atoms with Crippen molar-refractivity contribution in [1.29, 1.82) is 0 Å². The minimum atomic E-state index is -0.598. The van der Waals surface area contributed by atoms with E-state index in [1.807, 2.05) is 0 Å². The van der Waals surface area contributed by atoms with E-state index in [0.29, 0.717) is 32.0 Å². The Kier molecular flexibility index (Phi) is 3.99. The van der Waals surface area contributed by atoms with Crippen molar-refractivity contribution in [3.63, 3.8) is 0 Å². The lowest BCUT2D eigenvalue weighted by Crippen LogP contribution is -2.60. The van der Waals surface area contributed by atoms with Gasteiger partial charge in [0, 0.05) is 33.2 Å². The van der Waals surface area contributed by atoms with Crippen LogP contribution in [0.4, 0.5) is 4.79 Å². The standard InChI is InChI=1S/C13H23N3O3/c1-15(2)12(18)16-8-6-13(7-9-16,11(17)19-3)14-10-4-5-10/h10,14H,4-9H2,1-3H3. The molecule has 0 aromatic rings. The van der Waals surface area contributed by atoms with Crippen LogP contribution in [0.1, 0.15) is 25.7 Å². The Hall–Kier alpha value is -1.30. The second-order valence-corrected chi connectivity index (χ2v) is 5.66. The minimum absolute atomic E-state index is 0.00453. The van der Waals surface area contributed by atoms with Crippen molar-refractivity contribution < 1.29 is 14.3 Å². The number of carbonyl (C=O) groups is 2. The number of hydrogen-bond donors (Lipinski definition) is 1. The fourth-order valence-electron chi connectivity index (χ4n) is 2.58. The van der Waals surface area contributed by atoms with Crippen LogP contribution in [0.3, 0.4) is 0 Å². The number of hydrogen-bond acceptors (Lipinski definition) is 4. The van der Waals surface area contributed by atoms with Gasteiger partial charge in [-0.3, -0.25) is 10.1 Å². The summed E-state index contributed by atoms with van der Waals surface area (Å²) < 4.78 is 4.95. The molecule has 2 rings (SSSR count). The Morgan fingerprint density at radius 2 is 1.84 bits per heavy atom. The van der Waals surface area contributed by atoms with Gasteiger partial charge in [-0.25, -0.2) is 4.79 Å². The zero-order chi connectivity index (χ0) is 14.0. The summed E-state index contributed by atoms with van der Waals surface area (Å²) in [5, 5.41) is 3.42. The highest BCUT2D eigenvalue weighted by Crippen LogP contribution is 2.30. The van der Waals surface area contributed by atoms with Crippen molar-refractivity contribution in [1.82, 2.24) is 15.1 Å². The van der Waals surface area contributed by atoms with Crippen LogP contribution in [0.25, 0.3) is 0 Å². The second-order valence-electron chi connectivity index (χ2n) is 5.66. The molecule has 2 amide bonds. The van der Waals surface area contributed by atoms with E-state index < -0.39 is 5.54 Å². The molecule has 0 aromatic carbocycles. The number of methoxy groups -OCH3 is 1. The summed E-state index contributed by atoms with van der Waals surface area (Å²) in [4.78, 5) is 27.3. The summed E-state index contributed by atoms with van der Waals surface area (Å²) in [5.41, 5.74) is -0.598. The Balaban J connectivity index is 2.00. The number of urea groups is 1. The van der Waals surface area contributed by atoms with E-state index in [-0.39, 0.29) is 12.0 Å². The third-order valence-corrected chi connectivity index (χ3v) is 3.90. The summed E-state index contributed by atoms with van der Waals surface area (Å²) in [7, 11) is 4.91. The molecule has 1 saturated carbocycles. The Labute approximate surface area is 114 Å². The molecule has 19 heavy (non-hydrogen) atoms. The zero-order valence-corrected chi connectivity index (χ0v) is 11.9. The van der Waals surface area contributed by atoms with E-state index in [1.165, 1.54) is 7.11 Å². The number of nitrogens with zero attached hydrogens (tertiary/aromatic N) is 2. The molecule has 1 N–H and O–H groups in total. The number of piperidine rings is 1. The van der Waals surface area contributed by atoms with Crippen LogP contribution < -0.4 is 5.32 Å². The fourth-order valence-corrected chi connectivity index (χ4v) is 2.58. The SMILES string of the molecule is COC(=O)C1(NC2CC2)CCN(C(=O)N(C)C)CC1. The van der Waals surface area contributed by atoms with Crippen LogP contribution >= 0.6 is 0 Å². The number of carbonyl (C=O) groups excluding carboxylic acids is 2. The van der Waals surface area contributed by atoms with Gasteiger partial charge in [-0.2, -0.15) is 0 Å². The van der Waals surface area contributed by atoms with Crippen molar-refractivity contribution in [3.05, 3.63) is 0 Å². The Morgan fingerprint density at radius 3 is 2.26 bits per heavy atom. The predicted molar refractivity (Wildman–Crippen MR) is 70.8 cm³/mol. The molecule has 6 heteroatoms. The van der Waals surface area contributed by atoms with Crippen molar-refractivity contribution in [2.45, 2.75) is 37.3 Å². The molecule has 2 fully saturated rings. The highest BCUT2D eigenvalue weighted by Gasteiger charge is 2.46. The van der Waals surface area contributed by atoms with Crippen molar-refractivity contribution in [3.8, 4) is 0 Å². The third-order valence-electron chi connectivity index (χ3n) is 3.90. The highest BCUT2D eigenvalue weighted by molar-refractivity contribution is 5.82. The topological polar surface area (TPSA) is 61.9 Å². The fraction of sp³-hybridized carbons (Fsp3) is 0.846. The van der Waals surface area contributed by atoms with Crippen LogP contribution in [-0.2, 0) is 9.53 Å². The van der Waals surface area contributed by atoms with Crippen molar-refractivity contribution in [2.75, 3.05) is 34.3 Å². The Bertz CT molecular complexity index is 358. The summed E-state index contributed by atoms with van der Waals surface area (Å²) in [6.45, 7) is 1.18. The average Bonchev–Trinajstić information content (AvgIpc) is 3.21. The van der Waals surface area contributed by atoms with E-state index in [1.54, 1.807) is 23.9 Å². The number of ether oxygens (including phenoxy) is 1. The first kappa shape index (κ1) is 14.1. The maximum atomic E-state index is 12.1. The monoisotopic (exact) mass is 269 g/mol. The molecule has 0 unspecified atom stereocenters. The van der Waals surface area contributed by atoms with Crippen LogP contribution in [0.2, 0.25) is 0 Å². The molecule has 6 nitrogen and oxygen atoms in total. The summed E-state index contributed by atoms with van der Waals surface area (Å²) in [6.07, 6.45) is 3.49. The molecule has 2 aliphatic rings. The Morgan fingerprint density at radius 1 is 1.26 bits per heavy atom. The summed E-state index contributed by atoms with van der Waals surface area (Å²) in [6, 6.07) is 0.445. The van der Waals surface area contributed by atoms with Gasteiger partial charge in [0.05, 0.1) is 7.11 Å². The van der Waals surface area contributed by atoms with Gasteiger partial charge >= 0.3 is 12.0 Å². The zero-order valence-electron chi connectivity index (χ0n) is 11.9. The van der Waals surface area contributed by atoms with E-state index in [2.05, 4.69) is 5.32 Å². The maximum absolute atomic E-state index is 12.1. The van der Waals surface area contributed by atoms with Gasteiger partial charge in [-0.1, -0.05) is 0 Å². The van der Waals surface area contributed by atoms with Gasteiger partial charge < -0.3 is 14.5 Å². The quantitative estimate of drug-likeness (QED) is 0.755. The molecular weight excluding hydrogens is 246 g/mol. The predicted octanol–water partition coefficient (Wildman–Crippen LogP) is 0.428. The molecule has 1 saturated heterocycles. The molecular formula is C13H23N3O3. The van der Waals surface area contributed by atoms with Crippen LogP contribution in [0.5, 0.6) is 0 Å². The second kappa shape index (κ2) is 5.36. The molecule has 108 valence electrons. The van der Waals surface area contributed by atoms with E-state index in [9.17, 15) is 9.59 Å². The lowest BCUT2D eigenvalue weighted by Gasteiger charge is -2.41. The van der Waals surface area contributed by atoms with Crippen LogP contribution in [-0.4, -0.2) is 67.7 Å². The lowest BCUT2D eigenvalue weighted by atomic mass is 9.87. The van der Waals surface area contributed by atoms with Crippen LogP contribution in [0.15, 0.2) is 0 Å². The third kappa shape index (κ3) is 3.00. The minimum Gasteiger partial charge on any atom is -0.468 e. The number of esters is 1. The molecule has 0 spiro atoms. The van der Waals surface area contributed by atoms with Crippen molar-refractivity contribution in [2.24, 2.45) is 0 Å². The molecule has 1 aliphatic heterocycles. The molecule has 0 aromatic heterocycles. The number of amides is 2. The van der Waals surface area contributed by atoms with Gasteiger partial charge in [0.25, 0.3) is 0 Å². The van der Waals surface area contributed by atoms with E-state index in [0.717, 1.165) is 12.8 Å². The van der Waals surface area contributed by atoms with E-state index >= 15 is 0 Å². The average molecular weight is 269 g/mol. The smallest absolute Gasteiger partial charge is 0.326 e. The first-order valence-electron chi connectivity index (χ1n) is 6.81. The van der Waals surface area contributed by atoms with Gasteiger partial charge in [0.15, 0.2) is 0 Å². The van der Waals surface area contributed by atoms with Gasteiger partial charge in [-0.05, 0) is 25.7 Å². The van der Waals surface area contributed by atoms with Crippen LogP contribution in [0, 0.1) is 0 Å². The summed E-state index contributed by atoms with van der Waals surface area (Å²) in [5.74, 6) is -0.198. The summed E-state index contributed by atoms with van der Waals surface area (Å²) >= 11 is 0. The first-order valence-corrected chi connectivity index (χ1v) is 6.81. The molecule has 1 heterocycles. The van der Waals surface area contributed by atoms with Gasteiger partial charge in [-0.15, -0.1) is 0 Å². The number of likely N-dealkylation sites (tertiary alicyclic amines) is 1. The van der Waals surface area contributed by atoms with Crippen molar-refractivity contribution >= 4 is 12.0 Å². The normalized spacial score (nSPS) is 21.9.